The molecule has 1 unspecified atom stereocenters. The Labute approximate surface area is 101 Å². The van der Waals surface area contributed by atoms with Crippen molar-refractivity contribution >= 4 is 11.8 Å². The summed E-state index contributed by atoms with van der Waals surface area (Å²) >= 11 is 1.86. The Morgan fingerprint density at radius 2 is 2.31 bits per heavy atom. The summed E-state index contributed by atoms with van der Waals surface area (Å²) in [4.78, 5) is 5.28. The molecule has 2 heterocycles. The highest BCUT2D eigenvalue weighted by Gasteiger charge is 2.13. The molecule has 0 aromatic carbocycles. The SMILES string of the molecule is c1cc(SCCNCC2CCCO2)ccn1. The Morgan fingerprint density at radius 3 is 3.06 bits per heavy atom. The molecule has 1 aliphatic heterocycles. The van der Waals surface area contributed by atoms with E-state index in [2.05, 4.69) is 10.3 Å². The van der Waals surface area contributed by atoms with Crippen molar-refractivity contribution in [2.75, 3.05) is 25.4 Å². The van der Waals surface area contributed by atoms with Gasteiger partial charge in [0.15, 0.2) is 0 Å². The zero-order valence-electron chi connectivity index (χ0n) is 9.39. The van der Waals surface area contributed by atoms with Gasteiger partial charge < -0.3 is 10.1 Å². The minimum atomic E-state index is 0.450. The maximum absolute atomic E-state index is 5.54. The number of nitrogens with zero attached hydrogens (tertiary/aromatic N) is 1. The van der Waals surface area contributed by atoms with Gasteiger partial charge in [-0.2, -0.15) is 0 Å². The molecule has 1 atom stereocenters. The first-order valence-corrected chi connectivity index (χ1v) is 6.79. The van der Waals surface area contributed by atoms with Crippen molar-refractivity contribution in [1.29, 1.82) is 0 Å². The summed E-state index contributed by atoms with van der Waals surface area (Å²) in [5, 5.41) is 3.44. The van der Waals surface area contributed by atoms with Gasteiger partial charge in [0, 0.05) is 42.7 Å². The Morgan fingerprint density at radius 1 is 1.44 bits per heavy atom. The zero-order valence-corrected chi connectivity index (χ0v) is 10.2. The zero-order chi connectivity index (χ0) is 11.1. The lowest BCUT2D eigenvalue weighted by molar-refractivity contribution is 0.110. The fraction of sp³-hybridized carbons (Fsp3) is 0.583. The monoisotopic (exact) mass is 238 g/mol. The highest BCUT2D eigenvalue weighted by molar-refractivity contribution is 7.99. The lowest BCUT2D eigenvalue weighted by Crippen LogP contribution is -2.27. The van der Waals surface area contributed by atoms with E-state index in [1.54, 1.807) is 0 Å². The largest absolute Gasteiger partial charge is 0.377 e. The van der Waals surface area contributed by atoms with Gasteiger partial charge in [-0.25, -0.2) is 0 Å². The Balaban J connectivity index is 1.52. The molecular weight excluding hydrogens is 220 g/mol. The maximum atomic E-state index is 5.54. The van der Waals surface area contributed by atoms with Crippen LogP contribution in [0, 0.1) is 0 Å². The molecule has 3 nitrogen and oxygen atoms in total. The first-order valence-electron chi connectivity index (χ1n) is 5.80. The van der Waals surface area contributed by atoms with E-state index in [0.717, 1.165) is 25.4 Å². The molecule has 1 fully saturated rings. The molecule has 1 aromatic heterocycles. The Bertz CT molecular complexity index is 288. The molecule has 0 spiro atoms. The summed E-state index contributed by atoms with van der Waals surface area (Å²) in [6.07, 6.45) is 6.55. The van der Waals surface area contributed by atoms with Crippen molar-refractivity contribution in [2.24, 2.45) is 0 Å². The van der Waals surface area contributed by atoms with Gasteiger partial charge in [0.2, 0.25) is 0 Å². The minimum absolute atomic E-state index is 0.450. The molecule has 2 rings (SSSR count). The van der Waals surface area contributed by atoms with Gasteiger partial charge in [-0.15, -0.1) is 11.8 Å². The van der Waals surface area contributed by atoms with Crippen LogP contribution in [0.2, 0.25) is 0 Å². The van der Waals surface area contributed by atoms with Gasteiger partial charge in [-0.05, 0) is 25.0 Å². The van der Waals surface area contributed by atoms with Crippen LogP contribution in [0.25, 0.3) is 0 Å². The molecule has 0 bridgehead atoms. The first kappa shape index (κ1) is 11.9. The fourth-order valence-electron chi connectivity index (χ4n) is 1.74. The van der Waals surface area contributed by atoms with Crippen LogP contribution in [0.3, 0.4) is 0 Å². The molecule has 0 aliphatic carbocycles. The number of aromatic nitrogens is 1. The third-order valence-electron chi connectivity index (χ3n) is 2.59. The number of thioether (sulfide) groups is 1. The van der Waals surface area contributed by atoms with E-state index in [1.807, 2.05) is 36.3 Å². The van der Waals surface area contributed by atoms with Crippen LogP contribution in [0.5, 0.6) is 0 Å². The van der Waals surface area contributed by atoms with Gasteiger partial charge in [0.1, 0.15) is 0 Å². The fourth-order valence-corrected chi connectivity index (χ4v) is 2.54. The van der Waals surface area contributed by atoms with Crippen LogP contribution in [-0.2, 0) is 4.74 Å². The Hall–Kier alpha value is -0.580. The van der Waals surface area contributed by atoms with E-state index in [-0.39, 0.29) is 0 Å². The number of rotatable bonds is 6. The van der Waals surface area contributed by atoms with Crippen LogP contribution < -0.4 is 5.32 Å². The number of hydrogen-bond acceptors (Lipinski definition) is 4. The molecule has 0 amide bonds. The quantitative estimate of drug-likeness (QED) is 0.607. The second-order valence-electron chi connectivity index (χ2n) is 3.87. The third-order valence-corrected chi connectivity index (χ3v) is 3.61. The summed E-state index contributed by atoms with van der Waals surface area (Å²) in [5.41, 5.74) is 0. The van der Waals surface area contributed by atoms with Crippen molar-refractivity contribution in [3.05, 3.63) is 24.5 Å². The number of nitrogens with one attached hydrogen (secondary N) is 1. The number of hydrogen-bond donors (Lipinski definition) is 1. The first-order chi connectivity index (χ1) is 7.95. The molecule has 1 aliphatic rings. The molecule has 16 heavy (non-hydrogen) atoms. The molecule has 4 heteroatoms. The van der Waals surface area contributed by atoms with Crippen molar-refractivity contribution in [3.63, 3.8) is 0 Å². The smallest absolute Gasteiger partial charge is 0.0700 e. The normalized spacial score (nSPS) is 20.1. The second-order valence-corrected chi connectivity index (χ2v) is 5.04. The topological polar surface area (TPSA) is 34.1 Å². The average Bonchev–Trinajstić information content (AvgIpc) is 2.83. The summed E-state index contributed by atoms with van der Waals surface area (Å²) in [7, 11) is 0. The van der Waals surface area contributed by atoms with Crippen molar-refractivity contribution in [1.82, 2.24) is 10.3 Å². The molecule has 1 aromatic rings. The Kier molecular flexibility index (Phi) is 5.12. The maximum Gasteiger partial charge on any atom is 0.0700 e. The van der Waals surface area contributed by atoms with Gasteiger partial charge in [-0.3, -0.25) is 4.98 Å². The standard InChI is InChI=1S/C12H18N2OS/c1-2-11(15-8-1)10-14-7-9-16-12-3-5-13-6-4-12/h3-6,11,14H,1-2,7-10H2. The van der Waals surface area contributed by atoms with E-state index in [1.165, 1.54) is 17.7 Å². The van der Waals surface area contributed by atoms with Gasteiger partial charge in [0.05, 0.1) is 6.10 Å². The molecule has 0 radical (unpaired) electrons. The third kappa shape index (κ3) is 4.12. The molecular formula is C12H18N2OS. The van der Waals surface area contributed by atoms with E-state index in [9.17, 15) is 0 Å². The molecule has 88 valence electrons. The molecule has 0 saturated carbocycles. The van der Waals surface area contributed by atoms with E-state index in [4.69, 9.17) is 4.74 Å². The van der Waals surface area contributed by atoms with Crippen molar-refractivity contribution in [3.8, 4) is 0 Å². The van der Waals surface area contributed by atoms with Crippen LogP contribution in [0.15, 0.2) is 29.4 Å². The second kappa shape index (κ2) is 6.89. The predicted molar refractivity (Wildman–Crippen MR) is 66.8 cm³/mol. The van der Waals surface area contributed by atoms with Crippen LogP contribution in [0.4, 0.5) is 0 Å². The van der Waals surface area contributed by atoms with Crippen LogP contribution in [0.1, 0.15) is 12.8 Å². The number of pyridine rings is 1. The molecule has 1 saturated heterocycles. The van der Waals surface area contributed by atoms with Gasteiger partial charge in [0.25, 0.3) is 0 Å². The lowest BCUT2D eigenvalue weighted by atomic mass is 10.2. The van der Waals surface area contributed by atoms with E-state index >= 15 is 0 Å². The summed E-state index contributed by atoms with van der Waals surface area (Å²) in [5.74, 6) is 1.09. The summed E-state index contributed by atoms with van der Waals surface area (Å²) < 4.78 is 5.54. The van der Waals surface area contributed by atoms with Crippen molar-refractivity contribution < 1.29 is 4.74 Å². The van der Waals surface area contributed by atoms with Crippen LogP contribution in [-0.4, -0.2) is 36.5 Å². The number of ether oxygens (including phenoxy) is 1. The highest BCUT2D eigenvalue weighted by atomic mass is 32.2. The average molecular weight is 238 g/mol. The lowest BCUT2D eigenvalue weighted by Gasteiger charge is -2.10. The summed E-state index contributed by atoms with van der Waals surface area (Å²) in [6, 6.07) is 4.09. The highest BCUT2D eigenvalue weighted by Crippen LogP contribution is 2.15. The van der Waals surface area contributed by atoms with Crippen LogP contribution >= 0.6 is 11.8 Å². The van der Waals surface area contributed by atoms with Gasteiger partial charge in [-0.1, -0.05) is 0 Å². The molecule has 1 N–H and O–H groups in total. The predicted octanol–water partition coefficient (Wildman–Crippen LogP) is 1.94. The summed E-state index contributed by atoms with van der Waals surface area (Å²) in [6.45, 7) is 2.97. The minimum Gasteiger partial charge on any atom is -0.377 e. The van der Waals surface area contributed by atoms with E-state index in [0.29, 0.717) is 6.10 Å². The van der Waals surface area contributed by atoms with E-state index < -0.39 is 0 Å². The van der Waals surface area contributed by atoms with Gasteiger partial charge >= 0.3 is 0 Å². The van der Waals surface area contributed by atoms with Crippen molar-refractivity contribution in [2.45, 2.75) is 23.8 Å².